The first-order valence-electron chi connectivity index (χ1n) is 6.53. The smallest absolute Gasteiger partial charge is 0.310 e. The monoisotopic (exact) mass is 297 g/mol. The molecule has 0 aliphatic carbocycles. The number of para-hydroxylation sites is 3. The molecule has 0 N–H and O–H groups in total. The van der Waals surface area contributed by atoms with Gasteiger partial charge in [-0.05, 0) is 18.2 Å². The molecule has 22 heavy (non-hydrogen) atoms. The van der Waals surface area contributed by atoms with Crippen molar-refractivity contribution in [3.05, 3.63) is 70.5 Å². The van der Waals surface area contributed by atoms with Crippen LogP contribution in [0.4, 0.5) is 5.69 Å². The van der Waals surface area contributed by atoms with E-state index in [0.717, 1.165) is 5.39 Å². The van der Waals surface area contributed by atoms with Crippen LogP contribution in [0.25, 0.3) is 11.0 Å². The number of hydrogen-bond donors (Lipinski definition) is 0. The van der Waals surface area contributed by atoms with Gasteiger partial charge in [-0.3, -0.25) is 14.9 Å². The Labute approximate surface area is 125 Å². The highest BCUT2D eigenvalue weighted by molar-refractivity contribution is 5.98. The van der Waals surface area contributed by atoms with Gasteiger partial charge in [0.05, 0.1) is 4.92 Å². The molecular weight excluding hydrogens is 286 g/mol. The summed E-state index contributed by atoms with van der Waals surface area (Å²) in [5.74, 6) is -0.161. The van der Waals surface area contributed by atoms with E-state index in [0.29, 0.717) is 5.58 Å². The summed E-state index contributed by atoms with van der Waals surface area (Å²) in [6, 6.07) is 14.8. The first-order valence-corrected chi connectivity index (χ1v) is 6.53. The van der Waals surface area contributed by atoms with E-state index in [2.05, 4.69) is 0 Å². The van der Waals surface area contributed by atoms with E-state index >= 15 is 0 Å². The van der Waals surface area contributed by atoms with E-state index in [1.807, 2.05) is 18.2 Å². The van der Waals surface area contributed by atoms with Gasteiger partial charge >= 0.3 is 5.69 Å². The molecular formula is C16H11NO5. The Hall–Kier alpha value is -3.15. The number of Topliss-reactive ketones (excluding diaryl/α,β-unsaturated/α-hetero) is 1. The van der Waals surface area contributed by atoms with Crippen molar-refractivity contribution in [2.45, 2.75) is 0 Å². The van der Waals surface area contributed by atoms with Gasteiger partial charge in [0.15, 0.2) is 18.1 Å². The second-order valence-electron chi connectivity index (χ2n) is 4.59. The predicted molar refractivity (Wildman–Crippen MR) is 79.1 cm³/mol. The minimum absolute atomic E-state index is 0.0527. The number of carbonyl (C=O) groups is 1. The minimum Gasteiger partial charge on any atom is -0.478 e. The Morgan fingerprint density at radius 1 is 1.14 bits per heavy atom. The lowest BCUT2D eigenvalue weighted by molar-refractivity contribution is -0.385. The molecule has 6 heteroatoms. The molecule has 110 valence electrons. The summed E-state index contributed by atoms with van der Waals surface area (Å²) >= 11 is 0. The number of ether oxygens (including phenoxy) is 1. The Balaban J connectivity index is 1.76. The summed E-state index contributed by atoms with van der Waals surface area (Å²) in [7, 11) is 0. The van der Waals surface area contributed by atoms with E-state index < -0.39 is 4.92 Å². The van der Waals surface area contributed by atoms with E-state index in [1.54, 1.807) is 18.2 Å². The Bertz CT molecular complexity index is 819. The average Bonchev–Trinajstić information content (AvgIpc) is 2.97. The number of furan rings is 1. The number of nitrogens with zero attached hydrogens (tertiary/aromatic N) is 1. The van der Waals surface area contributed by atoms with Crippen LogP contribution in [-0.4, -0.2) is 17.3 Å². The number of nitro benzene ring substituents is 1. The number of nitro groups is 1. The lowest BCUT2D eigenvalue weighted by atomic mass is 10.2. The van der Waals surface area contributed by atoms with Gasteiger partial charge in [0.2, 0.25) is 5.78 Å². The van der Waals surface area contributed by atoms with Crippen molar-refractivity contribution < 1.29 is 18.9 Å². The molecule has 0 aliphatic heterocycles. The van der Waals surface area contributed by atoms with Gasteiger partial charge in [-0.2, -0.15) is 0 Å². The molecule has 0 saturated heterocycles. The minimum atomic E-state index is -0.555. The van der Waals surface area contributed by atoms with Crippen LogP contribution in [0.2, 0.25) is 0 Å². The maximum Gasteiger partial charge on any atom is 0.310 e. The molecule has 2 aromatic carbocycles. The number of carbonyl (C=O) groups excluding carboxylic acids is 1. The van der Waals surface area contributed by atoms with Crippen molar-refractivity contribution in [1.82, 2.24) is 0 Å². The third kappa shape index (κ3) is 2.67. The quantitative estimate of drug-likeness (QED) is 0.408. The standard InChI is InChI=1S/C16H11NO5/c18-13(16-9-11-5-1-3-7-14(11)22-16)10-21-15-8-4-2-6-12(15)17(19)20/h1-9H,10H2. The molecule has 0 unspecified atom stereocenters. The van der Waals surface area contributed by atoms with E-state index in [9.17, 15) is 14.9 Å². The lowest BCUT2D eigenvalue weighted by Gasteiger charge is -2.04. The molecule has 0 saturated carbocycles. The SMILES string of the molecule is O=C(COc1ccccc1[N+](=O)[O-])c1cc2ccccc2o1. The molecule has 0 radical (unpaired) electrons. The molecule has 0 fully saturated rings. The Morgan fingerprint density at radius 3 is 2.64 bits per heavy atom. The zero-order valence-corrected chi connectivity index (χ0v) is 11.4. The van der Waals surface area contributed by atoms with Gasteiger partial charge in [-0.25, -0.2) is 0 Å². The summed E-state index contributed by atoms with van der Waals surface area (Å²) in [5, 5.41) is 11.7. The van der Waals surface area contributed by atoms with Crippen molar-refractivity contribution >= 4 is 22.4 Å². The Kier molecular flexibility index (Phi) is 3.57. The number of benzene rings is 2. The molecule has 0 aliphatic rings. The van der Waals surface area contributed by atoms with Crippen LogP contribution in [0.3, 0.4) is 0 Å². The summed E-state index contributed by atoms with van der Waals surface area (Å²) in [6.07, 6.45) is 0. The first-order chi connectivity index (χ1) is 10.6. The molecule has 3 rings (SSSR count). The number of hydrogen-bond acceptors (Lipinski definition) is 5. The average molecular weight is 297 g/mol. The van der Waals surface area contributed by atoms with Gasteiger partial charge < -0.3 is 9.15 Å². The van der Waals surface area contributed by atoms with Crippen molar-refractivity contribution in [3.8, 4) is 5.75 Å². The number of fused-ring (bicyclic) bond motifs is 1. The molecule has 0 atom stereocenters. The molecule has 0 spiro atoms. The van der Waals surface area contributed by atoms with Gasteiger partial charge in [-0.1, -0.05) is 30.3 Å². The highest BCUT2D eigenvalue weighted by Crippen LogP contribution is 2.26. The fourth-order valence-corrected chi connectivity index (χ4v) is 2.06. The second-order valence-corrected chi connectivity index (χ2v) is 4.59. The largest absolute Gasteiger partial charge is 0.478 e. The number of rotatable bonds is 5. The number of ketones is 1. The van der Waals surface area contributed by atoms with Crippen molar-refractivity contribution in [1.29, 1.82) is 0 Å². The van der Waals surface area contributed by atoms with Crippen molar-refractivity contribution in [2.75, 3.05) is 6.61 Å². The van der Waals surface area contributed by atoms with Crippen LogP contribution in [0.5, 0.6) is 5.75 Å². The molecule has 1 heterocycles. The first kappa shape index (κ1) is 13.8. The van der Waals surface area contributed by atoms with Crippen molar-refractivity contribution in [3.63, 3.8) is 0 Å². The van der Waals surface area contributed by atoms with Crippen LogP contribution < -0.4 is 4.74 Å². The molecule has 0 bridgehead atoms. The molecule has 1 aromatic heterocycles. The van der Waals surface area contributed by atoms with E-state index in [1.165, 1.54) is 18.2 Å². The third-order valence-electron chi connectivity index (χ3n) is 3.12. The highest BCUT2D eigenvalue weighted by Gasteiger charge is 2.17. The van der Waals surface area contributed by atoms with Crippen LogP contribution in [0.15, 0.2) is 59.0 Å². The highest BCUT2D eigenvalue weighted by atomic mass is 16.6. The fraction of sp³-hybridized carbons (Fsp3) is 0.0625. The summed E-state index contributed by atoms with van der Waals surface area (Å²) < 4.78 is 10.7. The molecule has 0 amide bonds. The predicted octanol–water partition coefficient (Wildman–Crippen LogP) is 3.60. The topological polar surface area (TPSA) is 82.6 Å². The van der Waals surface area contributed by atoms with Gasteiger partial charge in [-0.15, -0.1) is 0 Å². The lowest BCUT2D eigenvalue weighted by Crippen LogP contribution is -2.11. The summed E-state index contributed by atoms with van der Waals surface area (Å²) in [5.41, 5.74) is 0.427. The van der Waals surface area contributed by atoms with Crippen LogP contribution in [0, 0.1) is 10.1 Å². The zero-order valence-electron chi connectivity index (χ0n) is 11.4. The van der Waals surface area contributed by atoms with Crippen LogP contribution in [-0.2, 0) is 0 Å². The fourth-order valence-electron chi connectivity index (χ4n) is 2.06. The summed E-state index contributed by atoms with van der Waals surface area (Å²) in [6.45, 7) is -0.329. The zero-order chi connectivity index (χ0) is 15.5. The normalized spacial score (nSPS) is 10.5. The van der Waals surface area contributed by atoms with Gasteiger partial charge in [0.25, 0.3) is 0 Å². The van der Waals surface area contributed by atoms with E-state index in [4.69, 9.17) is 9.15 Å². The Morgan fingerprint density at radius 2 is 1.86 bits per heavy atom. The van der Waals surface area contributed by atoms with Crippen LogP contribution in [0.1, 0.15) is 10.6 Å². The van der Waals surface area contributed by atoms with Gasteiger partial charge in [0, 0.05) is 11.5 Å². The maximum atomic E-state index is 12.1. The molecule has 3 aromatic rings. The van der Waals surface area contributed by atoms with E-state index in [-0.39, 0.29) is 29.6 Å². The summed E-state index contributed by atoms with van der Waals surface area (Å²) in [4.78, 5) is 22.4. The van der Waals surface area contributed by atoms with Crippen LogP contribution >= 0.6 is 0 Å². The third-order valence-corrected chi connectivity index (χ3v) is 3.12. The molecule has 6 nitrogen and oxygen atoms in total. The van der Waals surface area contributed by atoms with Gasteiger partial charge in [0.1, 0.15) is 5.58 Å². The maximum absolute atomic E-state index is 12.1. The second kappa shape index (κ2) is 5.69. The van der Waals surface area contributed by atoms with Crippen molar-refractivity contribution in [2.24, 2.45) is 0 Å².